The fraction of sp³-hybridized carbons (Fsp3) is 0.250. The summed E-state index contributed by atoms with van der Waals surface area (Å²) in [4.78, 5) is 9.91. The van der Waals surface area contributed by atoms with Gasteiger partial charge in [0.1, 0.15) is 16.4 Å². The molecule has 0 aliphatic carbocycles. The lowest BCUT2D eigenvalue weighted by Crippen LogP contribution is -2.24. The van der Waals surface area contributed by atoms with Gasteiger partial charge < -0.3 is 4.57 Å². The van der Waals surface area contributed by atoms with E-state index in [2.05, 4.69) is 14.9 Å². The number of sulfonamides is 1. The van der Waals surface area contributed by atoms with Gasteiger partial charge in [-0.1, -0.05) is 11.6 Å². The fourth-order valence-electron chi connectivity index (χ4n) is 1.29. The SMILES string of the molecule is Cn1cnnc1CNS(=O)(=O)c1cc([N+](=O)[O-])c(Cl)s1. The molecule has 0 radical (unpaired) electrons. The molecule has 2 rings (SSSR count). The second-order valence-electron chi connectivity index (χ2n) is 3.66. The molecule has 108 valence electrons. The molecule has 12 heteroatoms. The third kappa shape index (κ3) is 2.95. The third-order valence-corrected chi connectivity index (χ3v) is 5.55. The van der Waals surface area contributed by atoms with E-state index in [1.54, 1.807) is 11.6 Å². The summed E-state index contributed by atoms with van der Waals surface area (Å²) < 4.78 is 27.4. The van der Waals surface area contributed by atoms with Crippen molar-refractivity contribution in [1.29, 1.82) is 0 Å². The average molecular weight is 338 g/mol. The molecule has 0 aliphatic rings. The molecule has 0 saturated heterocycles. The van der Waals surface area contributed by atoms with Gasteiger partial charge in [0.2, 0.25) is 0 Å². The van der Waals surface area contributed by atoms with Crippen LogP contribution in [0, 0.1) is 10.1 Å². The van der Waals surface area contributed by atoms with Gasteiger partial charge in [-0.05, 0) is 0 Å². The minimum absolute atomic E-state index is 0.0812. The molecule has 1 N–H and O–H groups in total. The maximum Gasteiger partial charge on any atom is 0.300 e. The van der Waals surface area contributed by atoms with E-state index in [0.29, 0.717) is 17.2 Å². The number of thiophene rings is 1. The van der Waals surface area contributed by atoms with Crippen molar-refractivity contribution in [1.82, 2.24) is 19.5 Å². The Morgan fingerprint density at radius 2 is 2.30 bits per heavy atom. The van der Waals surface area contributed by atoms with Crippen LogP contribution in [0.2, 0.25) is 4.34 Å². The Morgan fingerprint density at radius 3 is 2.80 bits per heavy atom. The summed E-state index contributed by atoms with van der Waals surface area (Å²) in [5, 5.41) is 18.0. The van der Waals surface area contributed by atoms with E-state index in [9.17, 15) is 18.5 Å². The first-order chi connectivity index (χ1) is 9.31. The Balaban J connectivity index is 2.20. The van der Waals surface area contributed by atoms with Crippen LogP contribution in [0.25, 0.3) is 0 Å². The molecule has 0 atom stereocenters. The standard InChI is InChI=1S/C8H8ClN5O4S2/c1-13-4-10-12-6(13)3-11-20(17,18)7-2-5(14(15)16)8(9)19-7/h2,4,11H,3H2,1H3. The highest BCUT2D eigenvalue weighted by atomic mass is 35.5. The van der Waals surface area contributed by atoms with Gasteiger partial charge in [0.15, 0.2) is 4.34 Å². The number of nitrogens with one attached hydrogen (secondary N) is 1. The van der Waals surface area contributed by atoms with E-state index in [1.807, 2.05) is 0 Å². The number of aromatic nitrogens is 3. The summed E-state index contributed by atoms with van der Waals surface area (Å²) >= 11 is 6.25. The zero-order chi connectivity index (χ0) is 14.9. The van der Waals surface area contributed by atoms with Crippen molar-refractivity contribution in [2.45, 2.75) is 10.8 Å². The second kappa shape index (κ2) is 5.44. The van der Waals surface area contributed by atoms with E-state index < -0.39 is 20.6 Å². The molecule has 2 aromatic heterocycles. The minimum atomic E-state index is -3.89. The maximum absolute atomic E-state index is 12.0. The largest absolute Gasteiger partial charge is 0.320 e. The van der Waals surface area contributed by atoms with Crippen LogP contribution in [0.5, 0.6) is 0 Å². The first-order valence-corrected chi connectivity index (χ1v) is 7.75. The predicted octanol–water partition coefficient (Wildman–Crippen LogP) is 0.917. The van der Waals surface area contributed by atoms with Crippen LogP contribution in [0.15, 0.2) is 16.6 Å². The summed E-state index contributed by atoms with van der Waals surface area (Å²) in [5.74, 6) is 0.408. The predicted molar refractivity (Wildman–Crippen MR) is 71.0 cm³/mol. The molecule has 0 amide bonds. The lowest BCUT2D eigenvalue weighted by Gasteiger charge is -2.03. The quantitative estimate of drug-likeness (QED) is 0.639. The molecule has 20 heavy (non-hydrogen) atoms. The van der Waals surface area contributed by atoms with Crippen LogP contribution in [0.1, 0.15) is 5.82 Å². The second-order valence-corrected chi connectivity index (χ2v) is 7.31. The Hall–Kier alpha value is -1.56. The van der Waals surface area contributed by atoms with E-state index >= 15 is 0 Å². The third-order valence-electron chi connectivity index (χ3n) is 2.33. The number of nitrogens with zero attached hydrogens (tertiary/aromatic N) is 4. The van der Waals surface area contributed by atoms with Crippen LogP contribution in [-0.4, -0.2) is 28.1 Å². The van der Waals surface area contributed by atoms with E-state index in [-0.39, 0.29) is 15.1 Å². The number of hydrogen-bond donors (Lipinski definition) is 1. The summed E-state index contributed by atoms with van der Waals surface area (Å²) in [7, 11) is -2.23. The first kappa shape index (κ1) is 14.8. The molecule has 0 unspecified atom stereocenters. The number of aryl methyl sites for hydroxylation is 1. The van der Waals surface area contributed by atoms with Gasteiger partial charge in [-0.3, -0.25) is 10.1 Å². The Morgan fingerprint density at radius 1 is 1.60 bits per heavy atom. The molecule has 2 aromatic rings. The topological polar surface area (TPSA) is 120 Å². The van der Waals surface area contributed by atoms with Gasteiger partial charge in [0.25, 0.3) is 15.7 Å². The summed E-state index contributed by atoms with van der Waals surface area (Å²) in [6.45, 7) is -0.0812. The van der Waals surface area contributed by atoms with E-state index in [1.165, 1.54) is 6.33 Å². The highest BCUT2D eigenvalue weighted by Gasteiger charge is 2.25. The maximum atomic E-state index is 12.0. The molecular weight excluding hydrogens is 330 g/mol. The lowest BCUT2D eigenvalue weighted by molar-refractivity contribution is -0.384. The highest BCUT2D eigenvalue weighted by Crippen LogP contribution is 2.36. The summed E-state index contributed by atoms with van der Waals surface area (Å²) in [6.07, 6.45) is 1.43. The molecule has 0 bridgehead atoms. The van der Waals surface area contributed by atoms with Crippen molar-refractivity contribution in [3.63, 3.8) is 0 Å². The van der Waals surface area contributed by atoms with Gasteiger partial charge in [0, 0.05) is 13.1 Å². The molecule has 0 saturated carbocycles. The normalized spacial score (nSPS) is 11.7. The number of nitro groups is 1. The van der Waals surface area contributed by atoms with Crippen molar-refractivity contribution in [2.75, 3.05) is 0 Å². The van der Waals surface area contributed by atoms with Gasteiger partial charge in [-0.25, -0.2) is 13.1 Å². The van der Waals surface area contributed by atoms with E-state index in [0.717, 1.165) is 6.07 Å². The van der Waals surface area contributed by atoms with Crippen molar-refractivity contribution in [3.8, 4) is 0 Å². The van der Waals surface area contributed by atoms with Crippen LogP contribution >= 0.6 is 22.9 Å². The Labute approximate surface area is 122 Å². The molecule has 0 spiro atoms. The molecule has 0 aliphatic heterocycles. The summed E-state index contributed by atoms with van der Waals surface area (Å²) in [6, 6.07) is 0.923. The number of rotatable bonds is 5. The minimum Gasteiger partial charge on any atom is -0.320 e. The number of halogens is 1. The van der Waals surface area contributed by atoms with Crippen LogP contribution in [0.4, 0.5) is 5.69 Å². The first-order valence-electron chi connectivity index (χ1n) is 5.07. The van der Waals surface area contributed by atoms with E-state index in [4.69, 9.17) is 11.6 Å². The van der Waals surface area contributed by atoms with Crippen molar-refractivity contribution < 1.29 is 13.3 Å². The molecule has 2 heterocycles. The lowest BCUT2D eigenvalue weighted by atomic mass is 10.6. The number of hydrogen-bond acceptors (Lipinski definition) is 7. The zero-order valence-corrected chi connectivity index (χ0v) is 12.4. The highest BCUT2D eigenvalue weighted by molar-refractivity contribution is 7.91. The molecule has 9 nitrogen and oxygen atoms in total. The van der Waals surface area contributed by atoms with Gasteiger partial charge in [-0.2, -0.15) is 0 Å². The van der Waals surface area contributed by atoms with Gasteiger partial charge >= 0.3 is 0 Å². The van der Waals surface area contributed by atoms with Gasteiger partial charge in [-0.15, -0.1) is 21.5 Å². The smallest absolute Gasteiger partial charge is 0.300 e. The van der Waals surface area contributed by atoms with Crippen LogP contribution < -0.4 is 4.72 Å². The molecular formula is C8H8ClN5O4S2. The average Bonchev–Trinajstić information content (AvgIpc) is 2.93. The van der Waals surface area contributed by atoms with Crippen molar-refractivity contribution >= 4 is 38.6 Å². The molecule has 0 fully saturated rings. The monoisotopic (exact) mass is 337 g/mol. The zero-order valence-electron chi connectivity index (χ0n) is 9.98. The van der Waals surface area contributed by atoms with Crippen molar-refractivity contribution in [3.05, 3.63) is 32.7 Å². The fourth-order valence-corrected chi connectivity index (χ4v) is 3.98. The Kier molecular flexibility index (Phi) is 4.04. The van der Waals surface area contributed by atoms with Gasteiger partial charge in [0.05, 0.1) is 11.5 Å². The molecule has 0 aromatic carbocycles. The summed E-state index contributed by atoms with van der Waals surface area (Å²) in [5.41, 5.74) is -0.435. The Bertz CT molecular complexity index is 753. The van der Waals surface area contributed by atoms with Crippen molar-refractivity contribution in [2.24, 2.45) is 7.05 Å². The van der Waals surface area contributed by atoms with Crippen LogP contribution in [-0.2, 0) is 23.6 Å². The van der Waals surface area contributed by atoms with Crippen LogP contribution in [0.3, 0.4) is 0 Å².